The Hall–Kier alpha value is -2.65. The Kier molecular flexibility index (Phi) is 6.83. The predicted octanol–water partition coefficient (Wildman–Crippen LogP) is 4.17. The monoisotopic (exact) mass is 419 g/mol. The highest BCUT2D eigenvalue weighted by molar-refractivity contribution is 8.00. The third-order valence-corrected chi connectivity index (χ3v) is 5.76. The highest BCUT2D eigenvalue weighted by Gasteiger charge is 2.12. The number of hydrogen-bond donors (Lipinski definition) is 1. The van der Waals surface area contributed by atoms with Gasteiger partial charge < -0.3 is 14.8 Å². The number of hydrogen-bond acceptors (Lipinski definition) is 7. The summed E-state index contributed by atoms with van der Waals surface area (Å²) < 4.78 is 24.4. The topological polar surface area (TPSA) is 73.3 Å². The Morgan fingerprint density at radius 2 is 1.93 bits per heavy atom. The molecule has 0 atom stereocenters. The molecule has 9 heteroatoms. The third kappa shape index (κ3) is 5.43. The van der Waals surface area contributed by atoms with Crippen LogP contribution in [-0.2, 0) is 17.0 Å². The largest absolute Gasteiger partial charge is 0.493 e. The van der Waals surface area contributed by atoms with E-state index in [1.165, 1.54) is 35.2 Å². The Balaban J connectivity index is 1.55. The van der Waals surface area contributed by atoms with Crippen LogP contribution in [0.2, 0.25) is 0 Å². The van der Waals surface area contributed by atoms with Gasteiger partial charge in [-0.3, -0.25) is 4.79 Å². The average Bonchev–Trinajstić information content (AvgIpc) is 3.13. The lowest BCUT2D eigenvalue weighted by Crippen LogP contribution is -2.14. The number of anilines is 1. The smallest absolute Gasteiger partial charge is 0.230 e. The second kappa shape index (κ2) is 9.52. The van der Waals surface area contributed by atoms with E-state index >= 15 is 0 Å². The van der Waals surface area contributed by atoms with Crippen molar-refractivity contribution >= 4 is 34.1 Å². The van der Waals surface area contributed by atoms with Gasteiger partial charge in [-0.05, 0) is 35.4 Å². The number of aromatic nitrogens is 2. The fraction of sp³-hybridized carbons (Fsp3) is 0.211. The maximum atomic E-state index is 13.2. The lowest BCUT2D eigenvalue weighted by atomic mass is 10.1. The van der Waals surface area contributed by atoms with Crippen molar-refractivity contribution in [2.45, 2.75) is 16.5 Å². The van der Waals surface area contributed by atoms with Crippen LogP contribution in [0.4, 0.5) is 9.52 Å². The minimum atomic E-state index is -0.265. The number of halogens is 1. The molecule has 0 aliphatic rings. The molecule has 0 spiro atoms. The minimum absolute atomic E-state index is 0.172. The number of nitrogens with zero attached hydrogens (tertiary/aromatic N) is 2. The van der Waals surface area contributed by atoms with Gasteiger partial charge in [-0.2, -0.15) is 0 Å². The van der Waals surface area contributed by atoms with Crippen LogP contribution in [0.25, 0.3) is 0 Å². The Morgan fingerprint density at radius 3 is 2.68 bits per heavy atom. The number of thioether (sulfide) groups is 1. The number of methoxy groups -OCH3 is 2. The summed E-state index contributed by atoms with van der Waals surface area (Å²) in [5.74, 6) is 1.28. The number of ether oxygens (including phenoxy) is 2. The lowest BCUT2D eigenvalue weighted by Gasteiger charge is -2.09. The zero-order valence-corrected chi connectivity index (χ0v) is 16.9. The van der Waals surface area contributed by atoms with Crippen molar-refractivity contribution in [1.82, 2.24) is 10.2 Å². The summed E-state index contributed by atoms with van der Waals surface area (Å²) in [6, 6.07) is 11.7. The molecule has 2 aromatic carbocycles. The third-order valence-electron chi connectivity index (χ3n) is 3.72. The summed E-state index contributed by atoms with van der Waals surface area (Å²) >= 11 is 2.72. The van der Waals surface area contributed by atoms with E-state index in [0.29, 0.717) is 26.7 Å². The summed E-state index contributed by atoms with van der Waals surface area (Å²) in [5.41, 5.74) is 1.65. The number of rotatable bonds is 8. The lowest BCUT2D eigenvalue weighted by molar-refractivity contribution is -0.115. The molecule has 1 amide bonds. The van der Waals surface area contributed by atoms with Crippen LogP contribution in [0, 0.1) is 5.82 Å². The van der Waals surface area contributed by atoms with Gasteiger partial charge in [0.05, 0.1) is 20.6 Å². The Morgan fingerprint density at radius 1 is 1.11 bits per heavy atom. The first kappa shape index (κ1) is 20.1. The molecule has 146 valence electrons. The highest BCUT2D eigenvalue weighted by Crippen LogP contribution is 2.29. The van der Waals surface area contributed by atoms with Crippen LogP contribution in [0.15, 0.2) is 46.8 Å². The molecular weight excluding hydrogens is 401 g/mol. The molecular formula is C19H18FN3O3S2. The van der Waals surface area contributed by atoms with Gasteiger partial charge in [-0.15, -0.1) is 10.2 Å². The van der Waals surface area contributed by atoms with Gasteiger partial charge in [0, 0.05) is 5.75 Å². The van der Waals surface area contributed by atoms with Gasteiger partial charge in [0.1, 0.15) is 5.82 Å². The number of amides is 1. The van der Waals surface area contributed by atoms with E-state index < -0.39 is 0 Å². The Bertz CT molecular complexity index is 965. The van der Waals surface area contributed by atoms with Crippen LogP contribution in [-0.4, -0.2) is 30.3 Å². The predicted molar refractivity (Wildman–Crippen MR) is 108 cm³/mol. The van der Waals surface area contributed by atoms with Crippen molar-refractivity contribution in [2.24, 2.45) is 0 Å². The molecule has 0 saturated heterocycles. The summed E-state index contributed by atoms with van der Waals surface area (Å²) in [4.78, 5) is 12.3. The van der Waals surface area contributed by atoms with Gasteiger partial charge in [-0.25, -0.2) is 4.39 Å². The maximum absolute atomic E-state index is 13.2. The first-order valence-electron chi connectivity index (χ1n) is 8.29. The molecule has 3 aromatic rings. The molecule has 0 radical (unpaired) electrons. The molecule has 1 heterocycles. The number of carbonyl (C=O) groups excluding carboxylic acids is 1. The number of nitrogens with one attached hydrogen (secondary N) is 1. The van der Waals surface area contributed by atoms with Gasteiger partial charge in [-0.1, -0.05) is 41.3 Å². The quantitative estimate of drug-likeness (QED) is 0.436. The van der Waals surface area contributed by atoms with Crippen molar-refractivity contribution in [2.75, 3.05) is 19.5 Å². The first-order chi connectivity index (χ1) is 13.6. The van der Waals surface area contributed by atoms with E-state index in [1.54, 1.807) is 38.5 Å². The average molecular weight is 420 g/mol. The van der Waals surface area contributed by atoms with Crippen molar-refractivity contribution in [3.05, 3.63) is 59.4 Å². The van der Waals surface area contributed by atoms with Crippen molar-refractivity contribution in [3.63, 3.8) is 0 Å². The van der Waals surface area contributed by atoms with Crippen LogP contribution < -0.4 is 14.8 Å². The van der Waals surface area contributed by atoms with Crippen LogP contribution in [0.5, 0.6) is 11.5 Å². The zero-order valence-electron chi connectivity index (χ0n) is 15.3. The zero-order chi connectivity index (χ0) is 19.9. The van der Waals surface area contributed by atoms with E-state index in [1.807, 2.05) is 6.07 Å². The van der Waals surface area contributed by atoms with Gasteiger partial charge in [0.15, 0.2) is 15.8 Å². The van der Waals surface area contributed by atoms with Crippen LogP contribution in [0.3, 0.4) is 0 Å². The van der Waals surface area contributed by atoms with Crippen LogP contribution in [0.1, 0.15) is 11.1 Å². The molecule has 0 unspecified atom stereocenters. The molecule has 0 bridgehead atoms. The SMILES string of the molecule is COc1ccc(CC(=O)Nc2nnc(SCc3cccc(F)c3)s2)cc1OC. The molecule has 0 fully saturated rings. The molecule has 1 N–H and O–H groups in total. The molecule has 0 saturated carbocycles. The maximum Gasteiger partial charge on any atom is 0.230 e. The van der Waals surface area contributed by atoms with E-state index in [-0.39, 0.29) is 18.1 Å². The van der Waals surface area contributed by atoms with Crippen molar-refractivity contribution in [1.29, 1.82) is 0 Å². The van der Waals surface area contributed by atoms with Gasteiger partial charge >= 0.3 is 0 Å². The van der Waals surface area contributed by atoms with E-state index in [0.717, 1.165) is 11.1 Å². The molecule has 0 aliphatic carbocycles. The summed E-state index contributed by atoms with van der Waals surface area (Å²) in [5, 5.41) is 11.2. The van der Waals surface area contributed by atoms with Crippen LogP contribution >= 0.6 is 23.1 Å². The molecule has 28 heavy (non-hydrogen) atoms. The van der Waals surface area contributed by atoms with E-state index in [9.17, 15) is 9.18 Å². The molecule has 1 aromatic heterocycles. The first-order valence-corrected chi connectivity index (χ1v) is 10.1. The standard InChI is InChI=1S/C19H18FN3O3S2/c1-25-15-7-6-12(9-16(15)26-2)10-17(24)21-18-22-23-19(28-18)27-11-13-4-3-5-14(20)8-13/h3-9H,10-11H2,1-2H3,(H,21,22,24). The minimum Gasteiger partial charge on any atom is -0.493 e. The molecule has 0 aliphatic heterocycles. The summed E-state index contributed by atoms with van der Waals surface area (Å²) in [6.07, 6.45) is 0.172. The summed E-state index contributed by atoms with van der Waals surface area (Å²) in [7, 11) is 3.11. The summed E-state index contributed by atoms with van der Waals surface area (Å²) in [6.45, 7) is 0. The van der Waals surface area contributed by atoms with E-state index in [4.69, 9.17) is 9.47 Å². The van der Waals surface area contributed by atoms with Gasteiger partial charge in [0.2, 0.25) is 11.0 Å². The second-order valence-electron chi connectivity index (χ2n) is 5.71. The second-order valence-corrected chi connectivity index (χ2v) is 7.91. The van der Waals surface area contributed by atoms with Crippen molar-refractivity contribution in [3.8, 4) is 11.5 Å². The number of carbonyl (C=O) groups is 1. The fourth-order valence-electron chi connectivity index (χ4n) is 2.43. The fourth-order valence-corrected chi connectivity index (χ4v) is 4.14. The normalized spacial score (nSPS) is 10.5. The number of benzene rings is 2. The Labute approximate surface area is 170 Å². The molecule has 6 nitrogen and oxygen atoms in total. The highest BCUT2D eigenvalue weighted by atomic mass is 32.2. The molecule has 3 rings (SSSR count). The van der Waals surface area contributed by atoms with E-state index in [2.05, 4.69) is 15.5 Å². The van der Waals surface area contributed by atoms with Gasteiger partial charge in [0.25, 0.3) is 0 Å². The van der Waals surface area contributed by atoms with Crippen molar-refractivity contribution < 1.29 is 18.7 Å².